The highest BCUT2D eigenvalue weighted by atomic mass is 15.1. The Hall–Kier alpha value is -0.0800. The fraction of sp³-hybridized carbons (Fsp3) is 1.00. The van der Waals surface area contributed by atoms with Crippen LogP contribution in [0.1, 0.15) is 52.4 Å². The molecule has 1 aliphatic heterocycles. The van der Waals surface area contributed by atoms with E-state index in [0.717, 1.165) is 5.92 Å². The Balaban J connectivity index is 1.98. The van der Waals surface area contributed by atoms with Crippen LogP contribution in [-0.2, 0) is 0 Å². The van der Waals surface area contributed by atoms with Crippen molar-refractivity contribution in [2.75, 3.05) is 26.7 Å². The highest BCUT2D eigenvalue weighted by Gasteiger charge is 2.20. The summed E-state index contributed by atoms with van der Waals surface area (Å²) >= 11 is 0. The summed E-state index contributed by atoms with van der Waals surface area (Å²) in [6.45, 7) is 8.63. The predicted molar refractivity (Wildman–Crippen MR) is 71.8 cm³/mol. The third-order valence-electron chi connectivity index (χ3n) is 3.92. The molecule has 0 bridgehead atoms. The second-order valence-corrected chi connectivity index (χ2v) is 5.43. The lowest BCUT2D eigenvalue weighted by molar-refractivity contribution is 0.309. The highest BCUT2D eigenvalue weighted by molar-refractivity contribution is 4.75. The molecule has 1 heterocycles. The van der Waals surface area contributed by atoms with Gasteiger partial charge in [0, 0.05) is 12.6 Å². The van der Waals surface area contributed by atoms with Crippen molar-refractivity contribution in [1.82, 2.24) is 10.2 Å². The monoisotopic (exact) mass is 226 g/mol. The van der Waals surface area contributed by atoms with Gasteiger partial charge in [-0.2, -0.15) is 0 Å². The van der Waals surface area contributed by atoms with Crippen LogP contribution in [0, 0.1) is 5.92 Å². The Morgan fingerprint density at radius 2 is 2.19 bits per heavy atom. The fourth-order valence-corrected chi connectivity index (χ4v) is 2.69. The number of hydrogen-bond donors (Lipinski definition) is 1. The number of likely N-dealkylation sites (tertiary alicyclic amines) is 1. The van der Waals surface area contributed by atoms with Gasteiger partial charge >= 0.3 is 0 Å². The number of nitrogens with one attached hydrogen (secondary N) is 1. The maximum Gasteiger partial charge on any atom is 0.00357 e. The summed E-state index contributed by atoms with van der Waals surface area (Å²) in [5, 5.41) is 3.30. The first-order valence-corrected chi connectivity index (χ1v) is 7.15. The van der Waals surface area contributed by atoms with Gasteiger partial charge in [0.25, 0.3) is 0 Å². The molecule has 0 aromatic rings. The lowest BCUT2D eigenvalue weighted by atomic mass is 10.0. The number of rotatable bonds is 8. The van der Waals surface area contributed by atoms with E-state index in [2.05, 4.69) is 31.1 Å². The average Bonchev–Trinajstić information content (AvgIpc) is 2.72. The smallest absolute Gasteiger partial charge is 0.00357 e. The van der Waals surface area contributed by atoms with Crippen LogP contribution in [0.3, 0.4) is 0 Å². The van der Waals surface area contributed by atoms with Gasteiger partial charge in [0.2, 0.25) is 0 Å². The molecule has 0 aromatic carbocycles. The molecule has 2 heteroatoms. The minimum atomic E-state index is 0.686. The molecule has 96 valence electrons. The van der Waals surface area contributed by atoms with Crippen molar-refractivity contribution in [1.29, 1.82) is 0 Å². The summed E-state index contributed by atoms with van der Waals surface area (Å²) in [6, 6.07) is 0.686. The first kappa shape index (κ1) is 14.0. The van der Waals surface area contributed by atoms with Crippen LogP contribution in [0.15, 0.2) is 0 Å². The average molecular weight is 226 g/mol. The summed E-state index contributed by atoms with van der Waals surface area (Å²) in [4.78, 5) is 2.67. The van der Waals surface area contributed by atoms with Crippen molar-refractivity contribution < 1.29 is 0 Å². The van der Waals surface area contributed by atoms with E-state index < -0.39 is 0 Å². The molecule has 0 radical (unpaired) electrons. The molecule has 1 rings (SSSR count). The largest absolute Gasteiger partial charge is 0.317 e. The number of hydrogen-bond acceptors (Lipinski definition) is 2. The molecule has 0 saturated carbocycles. The SMILES string of the molecule is CCCC1CCN(CCCCC(C)NC)C1. The van der Waals surface area contributed by atoms with Crippen molar-refractivity contribution in [2.24, 2.45) is 5.92 Å². The van der Waals surface area contributed by atoms with Gasteiger partial charge in [-0.05, 0) is 58.7 Å². The van der Waals surface area contributed by atoms with Gasteiger partial charge in [-0.3, -0.25) is 0 Å². The molecule has 16 heavy (non-hydrogen) atoms. The van der Waals surface area contributed by atoms with E-state index in [1.54, 1.807) is 0 Å². The summed E-state index contributed by atoms with van der Waals surface area (Å²) in [5.74, 6) is 1.00. The van der Waals surface area contributed by atoms with E-state index in [0.29, 0.717) is 6.04 Å². The zero-order chi connectivity index (χ0) is 11.8. The Morgan fingerprint density at radius 1 is 1.38 bits per heavy atom. The van der Waals surface area contributed by atoms with Gasteiger partial charge in [0.15, 0.2) is 0 Å². The standard InChI is InChI=1S/C14H30N2/c1-4-7-14-9-11-16(12-14)10-6-5-8-13(2)15-3/h13-15H,4-12H2,1-3H3. The fourth-order valence-electron chi connectivity index (χ4n) is 2.69. The van der Waals surface area contributed by atoms with Gasteiger partial charge in [-0.25, -0.2) is 0 Å². The van der Waals surface area contributed by atoms with Gasteiger partial charge < -0.3 is 10.2 Å². The minimum absolute atomic E-state index is 0.686. The molecule has 1 fully saturated rings. The molecular weight excluding hydrogens is 196 g/mol. The molecule has 2 nitrogen and oxygen atoms in total. The minimum Gasteiger partial charge on any atom is -0.317 e. The lowest BCUT2D eigenvalue weighted by Crippen LogP contribution is -2.23. The summed E-state index contributed by atoms with van der Waals surface area (Å²) in [6.07, 6.45) is 8.32. The topological polar surface area (TPSA) is 15.3 Å². The van der Waals surface area contributed by atoms with Crippen molar-refractivity contribution in [2.45, 2.75) is 58.4 Å². The summed E-state index contributed by atoms with van der Waals surface area (Å²) in [7, 11) is 2.06. The van der Waals surface area contributed by atoms with E-state index in [1.165, 1.54) is 58.2 Å². The van der Waals surface area contributed by atoms with Gasteiger partial charge in [-0.1, -0.05) is 19.8 Å². The maximum absolute atomic E-state index is 3.30. The second kappa shape index (κ2) is 8.08. The van der Waals surface area contributed by atoms with Crippen LogP contribution < -0.4 is 5.32 Å². The van der Waals surface area contributed by atoms with Crippen molar-refractivity contribution in [3.8, 4) is 0 Å². The molecule has 1 N–H and O–H groups in total. The summed E-state index contributed by atoms with van der Waals surface area (Å²) in [5.41, 5.74) is 0. The molecule has 2 unspecified atom stereocenters. The zero-order valence-electron chi connectivity index (χ0n) is 11.5. The molecule has 0 spiro atoms. The summed E-state index contributed by atoms with van der Waals surface area (Å²) < 4.78 is 0. The van der Waals surface area contributed by atoms with E-state index >= 15 is 0 Å². The molecular formula is C14H30N2. The predicted octanol–water partition coefficient (Wildman–Crippen LogP) is 2.89. The molecule has 0 amide bonds. The molecule has 0 aliphatic carbocycles. The number of unbranched alkanes of at least 4 members (excludes halogenated alkanes) is 1. The first-order valence-electron chi connectivity index (χ1n) is 7.15. The highest BCUT2D eigenvalue weighted by Crippen LogP contribution is 2.21. The maximum atomic E-state index is 3.30. The Kier molecular flexibility index (Phi) is 7.06. The van der Waals surface area contributed by atoms with Gasteiger partial charge in [-0.15, -0.1) is 0 Å². The van der Waals surface area contributed by atoms with Crippen LogP contribution in [0.5, 0.6) is 0 Å². The molecule has 1 aliphatic rings. The molecule has 1 saturated heterocycles. The molecule has 2 atom stereocenters. The third-order valence-corrected chi connectivity index (χ3v) is 3.92. The van der Waals surface area contributed by atoms with Gasteiger partial charge in [0.1, 0.15) is 0 Å². The van der Waals surface area contributed by atoms with Crippen LogP contribution in [0.4, 0.5) is 0 Å². The Bertz CT molecular complexity index is 170. The number of nitrogens with zero attached hydrogens (tertiary/aromatic N) is 1. The van der Waals surface area contributed by atoms with Crippen molar-refractivity contribution in [3.05, 3.63) is 0 Å². The van der Waals surface area contributed by atoms with E-state index in [4.69, 9.17) is 0 Å². The van der Waals surface area contributed by atoms with Crippen LogP contribution in [-0.4, -0.2) is 37.6 Å². The Morgan fingerprint density at radius 3 is 2.88 bits per heavy atom. The van der Waals surface area contributed by atoms with Crippen molar-refractivity contribution >= 4 is 0 Å². The quantitative estimate of drug-likeness (QED) is 0.640. The van der Waals surface area contributed by atoms with E-state index in [-0.39, 0.29) is 0 Å². The first-order chi connectivity index (χ1) is 7.76. The second-order valence-electron chi connectivity index (χ2n) is 5.43. The van der Waals surface area contributed by atoms with Gasteiger partial charge in [0.05, 0.1) is 0 Å². The Labute approximate surface area is 102 Å². The van der Waals surface area contributed by atoms with Crippen LogP contribution in [0.25, 0.3) is 0 Å². The van der Waals surface area contributed by atoms with E-state index in [9.17, 15) is 0 Å². The van der Waals surface area contributed by atoms with Crippen LogP contribution in [0.2, 0.25) is 0 Å². The van der Waals surface area contributed by atoms with Crippen LogP contribution >= 0.6 is 0 Å². The molecule has 0 aromatic heterocycles. The van der Waals surface area contributed by atoms with Crippen molar-refractivity contribution in [3.63, 3.8) is 0 Å². The van der Waals surface area contributed by atoms with E-state index in [1.807, 2.05) is 0 Å². The normalized spacial score (nSPS) is 23.8. The third kappa shape index (κ3) is 5.31. The lowest BCUT2D eigenvalue weighted by Gasteiger charge is -2.16. The zero-order valence-corrected chi connectivity index (χ0v) is 11.5.